The van der Waals surface area contributed by atoms with Crippen molar-refractivity contribution in [2.24, 2.45) is 0 Å². The molecule has 1 aromatic heterocycles. The lowest BCUT2D eigenvalue weighted by Gasteiger charge is -1.99. The number of Topliss-reactive ketones (excluding diaryl/α,β-unsaturated/α-hetero) is 2. The number of thiophene rings is 1. The van der Waals surface area contributed by atoms with Gasteiger partial charge in [0.15, 0.2) is 5.78 Å². The summed E-state index contributed by atoms with van der Waals surface area (Å²) in [5, 5.41) is 0. The van der Waals surface area contributed by atoms with Gasteiger partial charge in [-0.25, -0.2) is 0 Å². The zero-order chi connectivity index (χ0) is 12.8. The fourth-order valence-electron chi connectivity index (χ4n) is 1.47. The molecule has 5 heteroatoms. The summed E-state index contributed by atoms with van der Waals surface area (Å²) in [5.74, 6) is -0.263. The Balaban J connectivity index is 2.49. The first-order valence-corrected chi connectivity index (χ1v) is 7.11. The molecule has 0 radical (unpaired) electrons. The predicted octanol–water partition coefficient (Wildman–Crippen LogP) is 4.78. The third kappa shape index (κ3) is 4.78. The maximum absolute atomic E-state index is 11.8. The van der Waals surface area contributed by atoms with Crippen molar-refractivity contribution in [3.05, 3.63) is 20.3 Å². The Morgan fingerprint density at radius 1 is 1.29 bits per heavy atom. The molecule has 0 aliphatic rings. The Morgan fingerprint density at radius 3 is 2.53 bits per heavy atom. The highest BCUT2D eigenvalue weighted by molar-refractivity contribution is 7.20. The second-order valence-electron chi connectivity index (χ2n) is 3.83. The van der Waals surface area contributed by atoms with Crippen molar-refractivity contribution < 1.29 is 9.59 Å². The van der Waals surface area contributed by atoms with Gasteiger partial charge in [-0.15, -0.1) is 11.3 Å². The van der Waals surface area contributed by atoms with Crippen LogP contribution in [0, 0.1) is 0 Å². The Hall–Kier alpha value is -0.380. The summed E-state index contributed by atoms with van der Waals surface area (Å²) in [6, 6.07) is 1.52. The van der Waals surface area contributed by atoms with Crippen LogP contribution in [-0.4, -0.2) is 11.6 Å². The first-order valence-electron chi connectivity index (χ1n) is 5.54. The van der Waals surface area contributed by atoms with Crippen LogP contribution in [0.15, 0.2) is 6.07 Å². The fourth-order valence-corrected chi connectivity index (χ4v) is 2.96. The van der Waals surface area contributed by atoms with E-state index in [2.05, 4.69) is 6.92 Å². The Bertz CT molecular complexity index is 413. The van der Waals surface area contributed by atoms with Gasteiger partial charge in [-0.3, -0.25) is 9.59 Å². The first-order chi connectivity index (χ1) is 8.04. The highest BCUT2D eigenvalue weighted by atomic mass is 35.5. The average Bonchev–Trinajstić information content (AvgIpc) is 2.58. The van der Waals surface area contributed by atoms with Crippen molar-refractivity contribution in [1.82, 2.24) is 0 Å². The smallest absolute Gasteiger partial charge is 0.172 e. The third-order valence-corrected chi connectivity index (χ3v) is 3.86. The molecular formula is C12H14Cl2O2S. The number of hydrogen-bond acceptors (Lipinski definition) is 3. The number of halogens is 2. The molecule has 1 heterocycles. The van der Waals surface area contributed by atoms with Gasteiger partial charge in [0.1, 0.15) is 10.1 Å². The largest absolute Gasteiger partial charge is 0.299 e. The summed E-state index contributed by atoms with van der Waals surface area (Å²) in [7, 11) is 0. The highest BCUT2D eigenvalue weighted by Crippen LogP contribution is 2.31. The molecule has 17 heavy (non-hydrogen) atoms. The molecule has 0 amide bonds. The van der Waals surface area contributed by atoms with Crippen LogP contribution < -0.4 is 0 Å². The van der Waals surface area contributed by atoms with Crippen LogP contribution in [0.25, 0.3) is 0 Å². The zero-order valence-electron chi connectivity index (χ0n) is 9.59. The number of rotatable bonds is 7. The number of unbranched alkanes of at least 4 members (excludes halogenated alkanes) is 2. The summed E-state index contributed by atoms with van der Waals surface area (Å²) in [5.41, 5.74) is 0.366. The molecule has 0 spiro atoms. The van der Waals surface area contributed by atoms with Crippen molar-refractivity contribution in [3.8, 4) is 0 Å². The average molecular weight is 293 g/mol. The molecule has 0 aliphatic carbocycles. The van der Waals surface area contributed by atoms with Crippen LogP contribution in [0.5, 0.6) is 0 Å². The molecule has 0 fully saturated rings. The molecule has 0 saturated heterocycles. The minimum absolute atomic E-state index is 0.0261. The normalized spacial score (nSPS) is 10.5. The highest BCUT2D eigenvalue weighted by Gasteiger charge is 2.17. The van der Waals surface area contributed by atoms with E-state index in [9.17, 15) is 9.59 Å². The van der Waals surface area contributed by atoms with Gasteiger partial charge in [-0.1, -0.05) is 43.0 Å². The molecule has 0 aliphatic heterocycles. The van der Waals surface area contributed by atoms with E-state index < -0.39 is 0 Å². The van der Waals surface area contributed by atoms with E-state index in [1.54, 1.807) is 0 Å². The number of ketones is 2. The molecule has 1 aromatic rings. The summed E-state index contributed by atoms with van der Waals surface area (Å²) in [6.07, 6.45) is 3.32. The number of hydrogen-bond donors (Lipinski definition) is 0. The van der Waals surface area contributed by atoms with Crippen molar-refractivity contribution in [3.63, 3.8) is 0 Å². The molecule has 0 unspecified atom stereocenters. The standard InChI is InChI=1S/C12H14Cl2O2S/c1-2-3-4-5-8(15)6-10(16)9-7-11(13)17-12(9)14/h7H,2-6H2,1H3. The van der Waals surface area contributed by atoms with Gasteiger partial charge in [0, 0.05) is 12.0 Å². The summed E-state index contributed by atoms with van der Waals surface area (Å²) < 4.78 is 0.832. The van der Waals surface area contributed by atoms with Crippen molar-refractivity contribution >= 4 is 46.1 Å². The van der Waals surface area contributed by atoms with E-state index in [1.807, 2.05) is 0 Å². The lowest BCUT2D eigenvalue weighted by atomic mass is 10.0. The predicted molar refractivity (Wildman–Crippen MR) is 72.4 cm³/mol. The molecule has 94 valence electrons. The number of carbonyl (C=O) groups is 2. The van der Waals surface area contributed by atoms with Crippen LogP contribution >= 0.6 is 34.5 Å². The molecule has 0 bridgehead atoms. The lowest BCUT2D eigenvalue weighted by Crippen LogP contribution is -2.07. The molecule has 0 N–H and O–H groups in total. The maximum atomic E-state index is 11.8. The van der Waals surface area contributed by atoms with E-state index in [0.29, 0.717) is 20.7 Å². The Morgan fingerprint density at radius 2 is 2.00 bits per heavy atom. The SMILES string of the molecule is CCCCCC(=O)CC(=O)c1cc(Cl)sc1Cl. The van der Waals surface area contributed by atoms with Gasteiger partial charge >= 0.3 is 0 Å². The third-order valence-electron chi connectivity index (χ3n) is 2.37. The van der Waals surface area contributed by atoms with E-state index in [0.717, 1.165) is 30.6 Å². The second kappa shape index (κ2) is 7.14. The zero-order valence-corrected chi connectivity index (χ0v) is 11.9. The minimum atomic E-state index is -0.236. The van der Waals surface area contributed by atoms with Crippen LogP contribution in [0.2, 0.25) is 8.67 Å². The molecule has 0 atom stereocenters. The summed E-state index contributed by atoms with van der Waals surface area (Å²) in [4.78, 5) is 23.3. The quantitative estimate of drug-likeness (QED) is 0.412. The van der Waals surface area contributed by atoms with Crippen molar-refractivity contribution in [2.75, 3.05) is 0 Å². The molecule has 1 rings (SSSR count). The van der Waals surface area contributed by atoms with E-state index in [-0.39, 0.29) is 18.0 Å². The van der Waals surface area contributed by atoms with Gasteiger partial charge in [0.2, 0.25) is 0 Å². The van der Waals surface area contributed by atoms with Crippen LogP contribution in [0.4, 0.5) is 0 Å². The Kier molecular flexibility index (Phi) is 6.17. The van der Waals surface area contributed by atoms with Gasteiger partial charge in [-0.05, 0) is 12.5 Å². The van der Waals surface area contributed by atoms with Gasteiger partial charge < -0.3 is 0 Å². The monoisotopic (exact) mass is 292 g/mol. The first kappa shape index (κ1) is 14.7. The van der Waals surface area contributed by atoms with Crippen LogP contribution in [0.1, 0.15) is 49.4 Å². The number of carbonyl (C=O) groups excluding carboxylic acids is 2. The maximum Gasteiger partial charge on any atom is 0.172 e. The fraction of sp³-hybridized carbons (Fsp3) is 0.500. The van der Waals surface area contributed by atoms with E-state index in [4.69, 9.17) is 23.2 Å². The van der Waals surface area contributed by atoms with E-state index >= 15 is 0 Å². The second-order valence-corrected chi connectivity index (χ2v) is 6.12. The van der Waals surface area contributed by atoms with Crippen LogP contribution in [0.3, 0.4) is 0 Å². The Labute approximate surface area is 115 Å². The minimum Gasteiger partial charge on any atom is -0.299 e. The molecule has 2 nitrogen and oxygen atoms in total. The van der Waals surface area contributed by atoms with Crippen molar-refractivity contribution in [1.29, 1.82) is 0 Å². The molecule has 0 saturated carbocycles. The topological polar surface area (TPSA) is 34.1 Å². The lowest BCUT2D eigenvalue weighted by molar-refractivity contribution is -0.118. The van der Waals surface area contributed by atoms with E-state index in [1.165, 1.54) is 6.07 Å². The van der Waals surface area contributed by atoms with Gasteiger partial charge in [-0.2, -0.15) is 0 Å². The van der Waals surface area contributed by atoms with Gasteiger partial charge in [0.25, 0.3) is 0 Å². The van der Waals surface area contributed by atoms with Crippen LogP contribution in [-0.2, 0) is 4.79 Å². The van der Waals surface area contributed by atoms with Crippen molar-refractivity contribution in [2.45, 2.75) is 39.0 Å². The summed E-state index contributed by atoms with van der Waals surface area (Å²) in [6.45, 7) is 2.07. The van der Waals surface area contributed by atoms with Gasteiger partial charge in [0.05, 0.1) is 10.8 Å². The molecule has 0 aromatic carbocycles. The molecular weight excluding hydrogens is 279 g/mol. The summed E-state index contributed by atoms with van der Waals surface area (Å²) >= 11 is 12.7.